The number of carbonyl (C=O) groups excluding carboxylic acids is 1. The second-order valence-electron chi connectivity index (χ2n) is 5.31. The van der Waals surface area contributed by atoms with Gasteiger partial charge >= 0.3 is 6.03 Å². The van der Waals surface area contributed by atoms with E-state index in [1.54, 1.807) is 32.8 Å². The van der Waals surface area contributed by atoms with Crippen LogP contribution < -0.4 is 9.80 Å². The predicted molar refractivity (Wildman–Crippen MR) is 78.8 cm³/mol. The van der Waals surface area contributed by atoms with E-state index in [0.29, 0.717) is 6.04 Å². The third-order valence-corrected chi connectivity index (χ3v) is 4.72. The first-order valence-corrected chi connectivity index (χ1v) is 7.68. The molecule has 2 aliphatic rings. The molecule has 0 radical (unpaired) electrons. The number of rotatable bonds is 3. The molecule has 2 aromatic rings. The minimum absolute atomic E-state index is 0.0404. The first-order valence-electron chi connectivity index (χ1n) is 6.80. The largest absolute Gasteiger partial charge is 0.342 e. The Balaban J connectivity index is 1.43. The highest BCUT2D eigenvalue weighted by Gasteiger charge is 2.32. The lowest BCUT2D eigenvalue weighted by Crippen LogP contribution is -2.48. The molecule has 0 N–H and O–H groups in total. The Hall–Kier alpha value is -2.16. The van der Waals surface area contributed by atoms with E-state index in [9.17, 15) is 4.79 Å². The van der Waals surface area contributed by atoms with Crippen LogP contribution in [0.25, 0.3) is 0 Å². The van der Waals surface area contributed by atoms with Gasteiger partial charge in [-0.2, -0.15) is 5.10 Å². The summed E-state index contributed by atoms with van der Waals surface area (Å²) >= 11 is 1.55. The van der Waals surface area contributed by atoms with E-state index in [4.69, 9.17) is 0 Å². The van der Waals surface area contributed by atoms with Crippen LogP contribution in [0, 0.1) is 0 Å². The molecule has 0 bridgehead atoms. The van der Waals surface area contributed by atoms with Crippen molar-refractivity contribution < 1.29 is 4.79 Å². The maximum Gasteiger partial charge on any atom is 0.324 e. The molecule has 2 aliphatic heterocycles. The Morgan fingerprint density at radius 2 is 2.19 bits per heavy atom. The van der Waals surface area contributed by atoms with Crippen LogP contribution in [0.3, 0.4) is 0 Å². The first-order chi connectivity index (χ1) is 10.2. The van der Waals surface area contributed by atoms with Crippen LogP contribution >= 0.6 is 11.3 Å². The summed E-state index contributed by atoms with van der Waals surface area (Å²) < 4.78 is 1.94. The van der Waals surface area contributed by atoms with Gasteiger partial charge in [0.2, 0.25) is 5.13 Å². The van der Waals surface area contributed by atoms with Crippen molar-refractivity contribution in [1.29, 1.82) is 0 Å². The van der Waals surface area contributed by atoms with Gasteiger partial charge in [-0.3, -0.25) is 9.58 Å². The molecule has 0 aliphatic carbocycles. The van der Waals surface area contributed by atoms with Crippen molar-refractivity contribution >= 4 is 28.2 Å². The number of amides is 2. The molecule has 110 valence electrons. The summed E-state index contributed by atoms with van der Waals surface area (Å²) in [5, 5.41) is 13.3. The second kappa shape index (κ2) is 4.69. The number of aromatic nitrogens is 4. The number of nitrogens with zero attached hydrogens (tertiary/aromatic N) is 7. The summed E-state index contributed by atoms with van der Waals surface area (Å²) in [6.07, 6.45) is 3.73. The Labute approximate surface area is 125 Å². The summed E-state index contributed by atoms with van der Waals surface area (Å²) in [4.78, 5) is 17.6. The molecule has 4 rings (SSSR count). The fourth-order valence-electron chi connectivity index (χ4n) is 2.64. The van der Waals surface area contributed by atoms with Gasteiger partial charge in [0.05, 0.1) is 17.9 Å². The normalized spacial score (nSPS) is 19.5. The molecule has 0 aromatic carbocycles. The van der Waals surface area contributed by atoms with E-state index in [-0.39, 0.29) is 6.03 Å². The Morgan fingerprint density at radius 3 is 2.86 bits per heavy atom. The molecule has 0 spiro atoms. The van der Waals surface area contributed by atoms with Gasteiger partial charge in [-0.25, -0.2) is 4.79 Å². The summed E-state index contributed by atoms with van der Waals surface area (Å²) in [6, 6.07) is 0.372. The maximum absolute atomic E-state index is 12.0. The van der Waals surface area contributed by atoms with Crippen molar-refractivity contribution in [3.05, 3.63) is 17.9 Å². The minimum Gasteiger partial charge on any atom is -0.342 e. The molecule has 0 saturated carbocycles. The lowest BCUT2D eigenvalue weighted by atomic mass is 10.1. The zero-order valence-corrected chi connectivity index (χ0v) is 12.4. The number of hydrogen-bond donors (Lipinski definition) is 0. The summed E-state index contributed by atoms with van der Waals surface area (Å²) in [5.41, 5.74) is 2.61. The average molecular weight is 305 g/mol. The summed E-state index contributed by atoms with van der Waals surface area (Å²) in [7, 11) is 1.82. The van der Waals surface area contributed by atoms with Crippen LogP contribution in [0.1, 0.15) is 6.04 Å². The molecule has 2 fully saturated rings. The highest BCUT2D eigenvalue weighted by molar-refractivity contribution is 7.13. The molecule has 0 atom stereocenters. The van der Waals surface area contributed by atoms with Crippen molar-refractivity contribution in [1.82, 2.24) is 24.9 Å². The Bertz CT molecular complexity index is 648. The smallest absolute Gasteiger partial charge is 0.324 e. The number of urea groups is 1. The highest BCUT2D eigenvalue weighted by atomic mass is 32.1. The fraction of sp³-hybridized carbons (Fsp3) is 0.500. The van der Waals surface area contributed by atoms with Crippen LogP contribution in [0.2, 0.25) is 0 Å². The van der Waals surface area contributed by atoms with Crippen molar-refractivity contribution in [3.63, 3.8) is 0 Å². The van der Waals surface area contributed by atoms with Crippen LogP contribution in [0.4, 0.5) is 15.6 Å². The van der Waals surface area contributed by atoms with Crippen LogP contribution in [0.5, 0.6) is 0 Å². The molecule has 2 aromatic heterocycles. The lowest BCUT2D eigenvalue weighted by Gasteiger charge is -2.38. The van der Waals surface area contributed by atoms with Gasteiger partial charge in [0.25, 0.3) is 0 Å². The van der Waals surface area contributed by atoms with E-state index in [1.807, 2.05) is 17.9 Å². The molecule has 2 saturated heterocycles. The van der Waals surface area contributed by atoms with E-state index < -0.39 is 0 Å². The number of anilines is 2. The average Bonchev–Trinajstić information content (AvgIpc) is 3.13. The van der Waals surface area contributed by atoms with Crippen LogP contribution in [0.15, 0.2) is 17.9 Å². The maximum atomic E-state index is 12.0. The molecule has 21 heavy (non-hydrogen) atoms. The van der Waals surface area contributed by atoms with Crippen LogP contribution in [-0.2, 0) is 0 Å². The number of likely N-dealkylation sites (N-methyl/N-ethyl adjacent to an activating group) is 1. The third-order valence-electron chi connectivity index (χ3n) is 3.97. The topological polar surface area (TPSA) is 70.4 Å². The second-order valence-corrected chi connectivity index (χ2v) is 6.13. The van der Waals surface area contributed by atoms with E-state index in [1.165, 1.54) is 0 Å². The Morgan fingerprint density at radius 1 is 1.33 bits per heavy atom. The number of carbonyl (C=O) groups is 1. The van der Waals surface area contributed by atoms with Crippen molar-refractivity contribution in [2.45, 2.75) is 6.04 Å². The molecular weight excluding hydrogens is 290 g/mol. The molecular formula is C12H15N7OS. The zero-order valence-electron chi connectivity index (χ0n) is 11.6. The third kappa shape index (κ3) is 2.04. The van der Waals surface area contributed by atoms with Gasteiger partial charge < -0.3 is 9.80 Å². The molecule has 4 heterocycles. The molecule has 8 nitrogen and oxygen atoms in total. The minimum atomic E-state index is 0.0404. The van der Waals surface area contributed by atoms with Gasteiger partial charge in [0.15, 0.2) is 0 Å². The first kappa shape index (κ1) is 12.6. The van der Waals surface area contributed by atoms with Gasteiger partial charge in [-0.05, 0) is 0 Å². The predicted octanol–water partition coefficient (Wildman–Crippen LogP) is 0.668. The van der Waals surface area contributed by atoms with Gasteiger partial charge in [-0.15, -0.1) is 10.2 Å². The van der Waals surface area contributed by atoms with E-state index in [2.05, 4.69) is 20.2 Å². The fourth-order valence-corrected chi connectivity index (χ4v) is 3.22. The van der Waals surface area contributed by atoms with Crippen LogP contribution in [-0.4, -0.2) is 64.1 Å². The van der Waals surface area contributed by atoms with E-state index >= 15 is 0 Å². The van der Waals surface area contributed by atoms with Gasteiger partial charge in [-0.1, -0.05) is 11.3 Å². The molecule has 2 amide bonds. The van der Waals surface area contributed by atoms with Gasteiger partial charge in [0.1, 0.15) is 5.51 Å². The summed E-state index contributed by atoms with van der Waals surface area (Å²) in [5.74, 6) is 0. The number of hydrogen-bond acceptors (Lipinski definition) is 6. The zero-order chi connectivity index (χ0) is 14.4. The standard InChI is InChI=1S/C12H15N7OS/c1-16-2-3-18(12(16)20)9-4-14-19(7-9)10-5-17(6-10)11-15-13-8-21-11/h4,7-8,10H,2-3,5-6H2,1H3. The highest BCUT2D eigenvalue weighted by Crippen LogP contribution is 2.29. The quantitative estimate of drug-likeness (QED) is 0.833. The monoisotopic (exact) mass is 305 g/mol. The molecule has 0 unspecified atom stereocenters. The van der Waals surface area contributed by atoms with Crippen molar-refractivity contribution in [2.24, 2.45) is 0 Å². The molecule has 9 heteroatoms. The SMILES string of the molecule is CN1CCN(c2cnn(C3CN(c4nncs4)C3)c2)C1=O. The van der Waals surface area contributed by atoms with Crippen molar-refractivity contribution in [2.75, 3.05) is 43.0 Å². The van der Waals surface area contributed by atoms with Crippen molar-refractivity contribution in [3.8, 4) is 0 Å². The Kier molecular flexibility index (Phi) is 2.81. The van der Waals surface area contributed by atoms with E-state index in [0.717, 1.165) is 37.0 Å². The van der Waals surface area contributed by atoms with Gasteiger partial charge in [0, 0.05) is 39.4 Å². The lowest BCUT2D eigenvalue weighted by molar-refractivity contribution is 0.229. The summed E-state index contributed by atoms with van der Waals surface area (Å²) in [6.45, 7) is 3.25.